The van der Waals surface area contributed by atoms with Crippen molar-refractivity contribution in [1.29, 1.82) is 0 Å². The first-order valence-electron chi connectivity index (χ1n) is 7.82. The first kappa shape index (κ1) is 15.8. The van der Waals surface area contributed by atoms with Crippen LogP contribution in [0.5, 0.6) is 5.75 Å². The number of carbonyl (C=O) groups is 1. The van der Waals surface area contributed by atoms with E-state index in [1.54, 1.807) is 18.2 Å². The molecule has 1 aliphatic rings. The molecule has 1 saturated carbocycles. The number of nitrogens with two attached hydrogens (primary N) is 1. The SMILES string of the molecule is CCN(C(=O)CC1(N)CCCC1)C(C)c1cccc(O)c1. The van der Waals surface area contributed by atoms with E-state index >= 15 is 0 Å². The average Bonchev–Trinajstić information content (AvgIpc) is 2.85. The van der Waals surface area contributed by atoms with Gasteiger partial charge in [-0.2, -0.15) is 0 Å². The van der Waals surface area contributed by atoms with Crippen LogP contribution in [-0.2, 0) is 4.79 Å². The molecule has 1 unspecified atom stereocenters. The lowest BCUT2D eigenvalue weighted by Crippen LogP contribution is -2.44. The van der Waals surface area contributed by atoms with E-state index in [1.165, 1.54) is 0 Å². The summed E-state index contributed by atoms with van der Waals surface area (Å²) in [6.07, 6.45) is 4.55. The molecule has 1 amide bonds. The van der Waals surface area contributed by atoms with Crippen LogP contribution in [-0.4, -0.2) is 28.0 Å². The molecule has 3 N–H and O–H groups in total. The van der Waals surface area contributed by atoms with Gasteiger partial charge < -0.3 is 15.7 Å². The highest BCUT2D eigenvalue weighted by Gasteiger charge is 2.34. The van der Waals surface area contributed by atoms with E-state index < -0.39 is 0 Å². The molecule has 2 rings (SSSR count). The quantitative estimate of drug-likeness (QED) is 0.876. The molecule has 0 heterocycles. The first-order chi connectivity index (χ1) is 9.95. The van der Waals surface area contributed by atoms with Crippen molar-refractivity contribution in [3.63, 3.8) is 0 Å². The number of hydrogen-bond donors (Lipinski definition) is 2. The molecule has 0 saturated heterocycles. The Balaban J connectivity index is 2.09. The number of amides is 1. The molecule has 0 aromatic heterocycles. The summed E-state index contributed by atoms with van der Waals surface area (Å²) in [6.45, 7) is 4.62. The van der Waals surface area contributed by atoms with Crippen molar-refractivity contribution in [1.82, 2.24) is 4.90 Å². The first-order valence-corrected chi connectivity index (χ1v) is 7.82. The summed E-state index contributed by atoms with van der Waals surface area (Å²) in [6, 6.07) is 7.05. The second-order valence-electron chi connectivity index (χ2n) is 6.20. The van der Waals surface area contributed by atoms with Gasteiger partial charge in [-0.05, 0) is 44.4 Å². The van der Waals surface area contributed by atoms with Gasteiger partial charge >= 0.3 is 0 Å². The van der Waals surface area contributed by atoms with E-state index in [2.05, 4.69) is 0 Å². The lowest BCUT2D eigenvalue weighted by Gasteiger charge is -2.32. The number of phenolic OH excluding ortho intramolecular Hbond substituents is 1. The minimum absolute atomic E-state index is 0.0559. The fourth-order valence-electron chi connectivity index (χ4n) is 3.29. The summed E-state index contributed by atoms with van der Waals surface area (Å²) >= 11 is 0. The van der Waals surface area contributed by atoms with Crippen LogP contribution in [0.2, 0.25) is 0 Å². The lowest BCUT2D eigenvalue weighted by molar-refractivity contribution is -0.134. The molecule has 0 spiro atoms. The van der Waals surface area contributed by atoms with Crippen molar-refractivity contribution >= 4 is 5.91 Å². The standard InChI is InChI=1S/C17H26N2O2/c1-3-19(13(2)14-7-6-8-15(20)11-14)16(21)12-17(18)9-4-5-10-17/h6-8,11,13,20H,3-5,9-10,12,18H2,1-2H3. The Labute approximate surface area is 126 Å². The highest BCUT2D eigenvalue weighted by Crippen LogP contribution is 2.32. The molecular weight excluding hydrogens is 264 g/mol. The van der Waals surface area contributed by atoms with E-state index in [1.807, 2.05) is 24.8 Å². The predicted molar refractivity (Wildman–Crippen MR) is 83.9 cm³/mol. The number of benzene rings is 1. The molecule has 0 bridgehead atoms. The molecule has 0 radical (unpaired) electrons. The van der Waals surface area contributed by atoms with E-state index in [4.69, 9.17) is 5.73 Å². The third-order valence-electron chi connectivity index (χ3n) is 4.58. The van der Waals surface area contributed by atoms with Gasteiger partial charge in [-0.3, -0.25) is 4.79 Å². The molecule has 4 heteroatoms. The van der Waals surface area contributed by atoms with Crippen LogP contribution in [0.4, 0.5) is 0 Å². The maximum absolute atomic E-state index is 12.6. The van der Waals surface area contributed by atoms with Crippen molar-refractivity contribution in [3.8, 4) is 5.75 Å². The fraction of sp³-hybridized carbons (Fsp3) is 0.588. The molecule has 116 valence electrons. The maximum Gasteiger partial charge on any atom is 0.224 e. The van der Waals surface area contributed by atoms with Crippen molar-refractivity contribution in [2.75, 3.05) is 6.54 Å². The second kappa shape index (κ2) is 6.48. The fourth-order valence-corrected chi connectivity index (χ4v) is 3.29. The smallest absolute Gasteiger partial charge is 0.224 e. The van der Waals surface area contributed by atoms with E-state index in [9.17, 15) is 9.90 Å². The minimum atomic E-state index is -0.316. The number of nitrogens with zero attached hydrogens (tertiary/aromatic N) is 1. The maximum atomic E-state index is 12.6. The van der Waals surface area contributed by atoms with Crippen LogP contribution in [0.1, 0.15) is 57.6 Å². The van der Waals surface area contributed by atoms with Crippen molar-refractivity contribution < 1.29 is 9.90 Å². The summed E-state index contributed by atoms with van der Waals surface area (Å²) in [4.78, 5) is 14.5. The third-order valence-corrected chi connectivity index (χ3v) is 4.58. The molecule has 1 aromatic carbocycles. The van der Waals surface area contributed by atoms with Crippen molar-refractivity contribution in [2.24, 2.45) is 5.73 Å². The van der Waals surface area contributed by atoms with Crippen LogP contribution < -0.4 is 5.73 Å². The molecule has 1 aromatic rings. The molecule has 1 aliphatic carbocycles. The largest absolute Gasteiger partial charge is 0.508 e. The summed E-state index contributed by atoms with van der Waals surface area (Å²) in [7, 11) is 0. The Morgan fingerprint density at radius 2 is 2.10 bits per heavy atom. The Morgan fingerprint density at radius 3 is 2.67 bits per heavy atom. The number of phenols is 1. The topological polar surface area (TPSA) is 66.6 Å². The van der Waals surface area contributed by atoms with Crippen LogP contribution in [0, 0.1) is 0 Å². The van der Waals surface area contributed by atoms with Crippen LogP contribution in [0.15, 0.2) is 24.3 Å². The van der Waals surface area contributed by atoms with Crippen molar-refractivity contribution in [3.05, 3.63) is 29.8 Å². The normalized spacial score (nSPS) is 18.4. The van der Waals surface area contributed by atoms with E-state index in [0.29, 0.717) is 13.0 Å². The van der Waals surface area contributed by atoms with Gasteiger partial charge in [0.05, 0.1) is 6.04 Å². The van der Waals surface area contributed by atoms with Gasteiger partial charge in [0.1, 0.15) is 5.75 Å². The summed E-state index contributed by atoms with van der Waals surface area (Å²) in [5.74, 6) is 0.340. The Hall–Kier alpha value is -1.55. The van der Waals surface area contributed by atoms with Gasteiger partial charge in [0, 0.05) is 18.5 Å². The van der Waals surface area contributed by atoms with Crippen LogP contribution in [0.25, 0.3) is 0 Å². The van der Waals surface area contributed by atoms with E-state index in [-0.39, 0.29) is 23.2 Å². The summed E-state index contributed by atoms with van der Waals surface area (Å²) in [5, 5.41) is 9.60. The zero-order valence-corrected chi connectivity index (χ0v) is 13.0. The van der Waals surface area contributed by atoms with Gasteiger partial charge in [-0.1, -0.05) is 25.0 Å². The average molecular weight is 290 g/mol. The van der Waals surface area contributed by atoms with Gasteiger partial charge in [0.2, 0.25) is 5.91 Å². The molecular formula is C17H26N2O2. The van der Waals surface area contributed by atoms with Gasteiger partial charge in [0.15, 0.2) is 0 Å². The molecule has 21 heavy (non-hydrogen) atoms. The number of rotatable bonds is 5. The Kier molecular flexibility index (Phi) is 4.88. The zero-order valence-electron chi connectivity index (χ0n) is 13.0. The van der Waals surface area contributed by atoms with Crippen molar-refractivity contribution in [2.45, 2.75) is 57.5 Å². The van der Waals surface area contributed by atoms with E-state index in [0.717, 1.165) is 31.2 Å². The van der Waals surface area contributed by atoms with Gasteiger partial charge in [-0.25, -0.2) is 0 Å². The molecule has 1 fully saturated rings. The highest BCUT2D eigenvalue weighted by molar-refractivity contribution is 5.78. The van der Waals surface area contributed by atoms with Crippen LogP contribution >= 0.6 is 0 Å². The monoisotopic (exact) mass is 290 g/mol. The summed E-state index contributed by atoms with van der Waals surface area (Å²) < 4.78 is 0. The van der Waals surface area contributed by atoms with Gasteiger partial charge in [0.25, 0.3) is 0 Å². The summed E-state index contributed by atoms with van der Waals surface area (Å²) in [5.41, 5.74) is 6.96. The predicted octanol–water partition coefficient (Wildman–Crippen LogP) is 2.96. The Morgan fingerprint density at radius 1 is 1.43 bits per heavy atom. The molecule has 1 atom stereocenters. The Bertz CT molecular complexity index is 495. The van der Waals surface area contributed by atoms with Gasteiger partial charge in [-0.15, -0.1) is 0 Å². The highest BCUT2D eigenvalue weighted by atomic mass is 16.3. The number of carbonyl (C=O) groups excluding carboxylic acids is 1. The lowest BCUT2D eigenvalue weighted by atomic mass is 9.93. The zero-order chi connectivity index (χ0) is 15.5. The number of hydrogen-bond acceptors (Lipinski definition) is 3. The third kappa shape index (κ3) is 3.76. The minimum Gasteiger partial charge on any atom is -0.508 e. The number of aromatic hydroxyl groups is 1. The molecule has 0 aliphatic heterocycles. The molecule has 4 nitrogen and oxygen atoms in total. The second-order valence-corrected chi connectivity index (χ2v) is 6.20. The van der Waals surface area contributed by atoms with Crippen LogP contribution in [0.3, 0.4) is 0 Å².